The van der Waals surface area contributed by atoms with Gasteiger partial charge < -0.3 is 5.73 Å². The van der Waals surface area contributed by atoms with E-state index in [0.29, 0.717) is 0 Å². The molecule has 0 aliphatic heterocycles. The average molecular weight is 402 g/mol. The van der Waals surface area contributed by atoms with Gasteiger partial charge in [0.05, 0.1) is 0 Å². The minimum atomic E-state index is -5.15. The van der Waals surface area contributed by atoms with E-state index in [0.717, 1.165) is 18.2 Å². The number of benzene rings is 1. The maximum Gasteiger partial charge on any atom is 0.327 e. The van der Waals surface area contributed by atoms with Crippen molar-refractivity contribution in [2.75, 3.05) is 11.1 Å². The summed E-state index contributed by atoms with van der Waals surface area (Å²) < 4.78 is 28.4. The van der Waals surface area contributed by atoms with Crippen LogP contribution in [0.2, 0.25) is 0 Å². The van der Waals surface area contributed by atoms with E-state index in [2.05, 4.69) is 10.3 Å². The Bertz CT molecular complexity index is 871. The Hall–Kier alpha value is -2.75. The standard InChI is InChI=1S/C8H10AsNO5.C4H5N3O2/c1-5(11)10-6-2-3-8(12)7(4-6)9(13,14)15;5-2-1-3(8)7-4(9)6-2/h2-4,12H,1H3,(H,10,11)(H2,13,14,15);1H,(H4,5,6,7,8,9). The van der Waals surface area contributed by atoms with Crippen molar-refractivity contribution in [1.82, 2.24) is 9.97 Å². The van der Waals surface area contributed by atoms with E-state index in [1.165, 1.54) is 13.0 Å². The van der Waals surface area contributed by atoms with Crippen molar-refractivity contribution < 1.29 is 21.8 Å². The number of nitrogens with two attached hydrogens (primary N) is 1. The van der Waals surface area contributed by atoms with Crippen LogP contribution in [0.5, 0.6) is 5.75 Å². The van der Waals surface area contributed by atoms with Gasteiger partial charge in [-0.3, -0.25) is 14.8 Å². The van der Waals surface area contributed by atoms with Crippen LogP contribution in [0.1, 0.15) is 6.92 Å². The largest absolute Gasteiger partial charge is 0.385 e. The number of H-pyrrole nitrogens is 2. The van der Waals surface area contributed by atoms with E-state index in [9.17, 15) is 23.2 Å². The molecule has 1 aromatic heterocycles. The molecule has 1 aromatic carbocycles. The molecule has 0 bridgehead atoms. The third kappa shape index (κ3) is 6.16. The van der Waals surface area contributed by atoms with Crippen molar-refractivity contribution in [3.05, 3.63) is 45.1 Å². The number of nitrogens with one attached hydrogen (secondary N) is 3. The number of hydrogen-bond acceptors (Lipinski definition) is 6. The van der Waals surface area contributed by atoms with E-state index in [4.69, 9.17) is 13.9 Å². The maximum absolute atomic E-state index is 11.0. The van der Waals surface area contributed by atoms with Gasteiger partial charge in [-0.15, -0.1) is 0 Å². The van der Waals surface area contributed by atoms with Crippen LogP contribution in [-0.4, -0.2) is 43.3 Å². The normalized spacial score (nSPS) is 10.5. The van der Waals surface area contributed by atoms with Gasteiger partial charge in [0, 0.05) is 6.07 Å². The Morgan fingerprint density at radius 2 is 1.83 bits per heavy atom. The molecule has 0 spiro atoms. The Balaban J connectivity index is 0.000000272. The molecule has 0 saturated carbocycles. The zero-order chi connectivity index (χ0) is 18.5. The summed E-state index contributed by atoms with van der Waals surface area (Å²) >= 11 is -5.15. The molecule has 0 aliphatic rings. The summed E-state index contributed by atoms with van der Waals surface area (Å²) in [5, 5.41) is 11.6. The Morgan fingerprint density at radius 1 is 1.21 bits per heavy atom. The fourth-order valence-electron chi connectivity index (χ4n) is 1.53. The second kappa shape index (κ2) is 7.68. The smallest absolute Gasteiger partial charge is 0.327 e. The van der Waals surface area contributed by atoms with Gasteiger partial charge >= 0.3 is 93.8 Å². The first-order valence-electron chi connectivity index (χ1n) is 6.25. The minimum Gasteiger partial charge on any atom is -0.385 e. The molecule has 0 radical (unpaired) electrons. The number of aromatic amines is 2. The molecule has 11 nitrogen and oxygen atoms in total. The molecule has 12 heteroatoms. The van der Waals surface area contributed by atoms with Crippen LogP contribution in [0.4, 0.5) is 11.5 Å². The van der Waals surface area contributed by atoms with Gasteiger partial charge in [-0.1, -0.05) is 0 Å². The number of carbonyl (C=O) groups excluding carboxylic acids is 1. The number of aromatic nitrogens is 2. The number of carbonyl (C=O) groups is 1. The Morgan fingerprint density at radius 3 is 2.29 bits per heavy atom. The fraction of sp³-hybridized carbons (Fsp3) is 0.0833. The quantitative estimate of drug-likeness (QED) is 0.212. The SMILES string of the molecule is CC(=O)Nc1ccc(O)c([As](=O)(O)O)c1.Nc1cc(=O)[nH]c(=O)[nH]1. The van der Waals surface area contributed by atoms with Crippen LogP contribution in [-0.2, 0) is 8.53 Å². The van der Waals surface area contributed by atoms with Crippen LogP contribution >= 0.6 is 0 Å². The molecule has 0 atom stereocenters. The van der Waals surface area contributed by atoms with Crippen LogP contribution < -0.4 is 26.7 Å². The van der Waals surface area contributed by atoms with Gasteiger partial charge in [0.25, 0.3) is 5.56 Å². The average Bonchev–Trinajstić information content (AvgIpc) is 2.38. The maximum atomic E-state index is 11.0. The topological polar surface area (TPSA) is 199 Å². The van der Waals surface area contributed by atoms with Crippen LogP contribution in [0.3, 0.4) is 0 Å². The van der Waals surface area contributed by atoms with Gasteiger partial charge in [-0.25, -0.2) is 4.79 Å². The minimum absolute atomic E-state index is 0.0729. The van der Waals surface area contributed by atoms with Gasteiger partial charge in [0.1, 0.15) is 5.82 Å². The van der Waals surface area contributed by atoms with Crippen molar-refractivity contribution in [2.24, 2.45) is 0 Å². The molecule has 1 amide bonds. The summed E-state index contributed by atoms with van der Waals surface area (Å²) in [4.78, 5) is 35.5. The van der Waals surface area contributed by atoms with Crippen LogP contribution in [0.15, 0.2) is 33.9 Å². The Kier molecular flexibility index (Phi) is 6.18. The van der Waals surface area contributed by atoms with Gasteiger partial charge in [-0.2, -0.15) is 0 Å². The van der Waals surface area contributed by atoms with E-state index in [-0.39, 0.29) is 17.4 Å². The molecule has 130 valence electrons. The number of hydrogen-bond donors (Lipinski definition) is 7. The number of amides is 1. The summed E-state index contributed by atoms with van der Waals surface area (Å²) in [5.74, 6) is -0.759. The number of rotatable bonds is 2. The molecule has 8 N–H and O–H groups in total. The van der Waals surface area contributed by atoms with Crippen molar-refractivity contribution in [2.45, 2.75) is 6.92 Å². The number of nitrogen functional groups attached to an aromatic ring is 1. The predicted molar refractivity (Wildman–Crippen MR) is 85.0 cm³/mol. The fourth-order valence-corrected chi connectivity index (χ4v) is 2.95. The van der Waals surface area contributed by atoms with Gasteiger partial charge in [0.15, 0.2) is 0 Å². The molecular formula is C12H15AsN4O7. The molecular weight excluding hydrogens is 387 g/mol. The number of phenolic OH excluding ortho intramolecular Hbond substituents is 1. The number of anilines is 2. The summed E-state index contributed by atoms with van der Waals surface area (Å²) in [6.07, 6.45) is 0. The van der Waals surface area contributed by atoms with Crippen molar-refractivity contribution in [3.63, 3.8) is 0 Å². The zero-order valence-corrected chi connectivity index (χ0v) is 14.2. The summed E-state index contributed by atoms with van der Waals surface area (Å²) in [6, 6.07) is 4.64. The predicted octanol–water partition coefficient (Wildman–Crippen LogP) is -2.44. The first-order chi connectivity index (χ1) is 11.0. The number of aromatic hydroxyl groups is 1. The third-order valence-corrected chi connectivity index (χ3v) is 4.46. The van der Waals surface area contributed by atoms with E-state index < -0.39 is 35.5 Å². The van der Waals surface area contributed by atoms with E-state index in [1.54, 1.807) is 0 Å². The van der Waals surface area contributed by atoms with Crippen LogP contribution in [0, 0.1) is 0 Å². The number of phenols is 1. The summed E-state index contributed by atoms with van der Waals surface area (Å²) in [7, 11) is 0. The summed E-state index contributed by atoms with van der Waals surface area (Å²) in [5.41, 5.74) is 4.25. The van der Waals surface area contributed by atoms with E-state index >= 15 is 0 Å². The first-order valence-corrected chi connectivity index (χ1v) is 9.63. The van der Waals surface area contributed by atoms with Crippen molar-refractivity contribution in [1.29, 1.82) is 0 Å². The molecule has 1 heterocycles. The molecule has 2 aromatic rings. The Labute approximate surface area is 137 Å². The van der Waals surface area contributed by atoms with Crippen LogP contribution in [0.25, 0.3) is 0 Å². The molecule has 0 aliphatic carbocycles. The molecule has 0 fully saturated rings. The van der Waals surface area contributed by atoms with Gasteiger partial charge in [-0.05, 0) is 0 Å². The molecule has 24 heavy (non-hydrogen) atoms. The van der Waals surface area contributed by atoms with E-state index in [1.807, 2.05) is 4.98 Å². The van der Waals surface area contributed by atoms with Gasteiger partial charge in [0.2, 0.25) is 0 Å². The zero-order valence-electron chi connectivity index (χ0n) is 12.3. The van der Waals surface area contributed by atoms with Crippen molar-refractivity contribution >= 4 is 35.9 Å². The third-order valence-electron chi connectivity index (χ3n) is 2.39. The first kappa shape index (κ1) is 19.3. The molecule has 0 saturated heterocycles. The second-order valence-electron chi connectivity index (χ2n) is 4.47. The molecule has 2 rings (SSSR count). The van der Waals surface area contributed by atoms with Crippen molar-refractivity contribution in [3.8, 4) is 5.75 Å². The second-order valence-corrected chi connectivity index (χ2v) is 7.77. The summed E-state index contributed by atoms with van der Waals surface area (Å²) in [6.45, 7) is 1.27. The molecule has 0 unspecified atom stereocenters. The monoisotopic (exact) mass is 402 g/mol.